The van der Waals surface area contributed by atoms with Gasteiger partial charge >= 0.3 is 12.1 Å². The first-order valence-corrected chi connectivity index (χ1v) is 17.5. The van der Waals surface area contributed by atoms with Gasteiger partial charge in [-0.3, -0.25) is 4.79 Å². The molecule has 3 rings (SSSR count). The molecule has 2 nitrogen and oxygen atoms in total. The van der Waals surface area contributed by atoms with Gasteiger partial charge < -0.3 is 4.74 Å². The van der Waals surface area contributed by atoms with Crippen LogP contribution in [0.1, 0.15) is 122 Å². The van der Waals surface area contributed by atoms with Gasteiger partial charge in [-0.05, 0) is 77.1 Å². The fourth-order valence-electron chi connectivity index (χ4n) is 5.85. The zero-order chi connectivity index (χ0) is 36.4. The van der Waals surface area contributed by atoms with Crippen molar-refractivity contribution in [1.29, 1.82) is 0 Å². The Hall–Kier alpha value is -3.34. The summed E-state index contributed by atoms with van der Waals surface area (Å²) in [6, 6.07) is 20.7. The third kappa shape index (κ3) is 11.7. The van der Waals surface area contributed by atoms with Crippen LogP contribution >= 0.6 is 0 Å². The van der Waals surface area contributed by atoms with E-state index in [-0.39, 0.29) is 17.8 Å². The number of ether oxygens (including phenoxy) is 1. The van der Waals surface area contributed by atoms with Crippen molar-refractivity contribution in [3.8, 4) is 11.1 Å². The Bertz CT molecular complexity index is 1370. The van der Waals surface area contributed by atoms with Crippen LogP contribution in [-0.4, -0.2) is 19.3 Å². The van der Waals surface area contributed by atoms with Crippen molar-refractivity contribution in [2.75, 3.05) is 7.11 Å². The lowest BCUT2D eigenvalue weighted by molar-refractivity contribution is -0.172. The molecule has 3 aromatic carbocycles. The second-order valence-corrected chi connectivity index (χ2v) is 11.2. The minimum Gasteiger partial charge on any atom is -0.469 e. The summed E-state index contributed by atoms with van der Waals surface area (Å²) in [4.78, 5) is 11.8. The van der Waals surface area contributed by atoms with Crippen LogP contribution in [0.4, 0.5) is 13.2 Å². The number of benzene rings is 3. The van der Waals surface area contributed by atoms with Crippen LogP contribution in [0.15, 0.2) is 66.7 Å². The summed E-state index contributed by atoms with van der Waals surface area (Å²) >= 11 is 0. The Balaban J connectivity index is 0.00000333. The van der Waals surface area contributed by atoms with E-state index in [0.29, 0.717) is 6.42 Å². The molecule has 0 saturated heterocycles. The standard InChI is InChI=1S/C36H43F3O2.3C2H6/c1-8-24(4)33(36(37,38)39)19-15-28-14-16-30(20-25(28)5)35(9-2,10-3)31-17-18-32(26(6)21-31)29-13-11-12-27(22-29)23-34(40)41-7;3*1-2/h11-22,24,33H,8-10,23H2,1-7H3;3*1-2H3/b19-15+;;;. The number of hydrogen-bond donors (Lipinski definition) is 0. The van der Waals surface area contributed by atoms with Crippen LogP contribution in [-0.2, 0) is 21.4 Å². The van der Waals surface area contributed by atoms with Crippen molar-refractivity contribution in [3.63, 3.8) is 0 Å². The van der Waals surface area contributed by atoms with Crippen LogP contribution < -0.4 is 0 Å². The molecule has 0 N–H and O–H groups in total. The molecule has 0 radical (unpaired) electrons. The number of hydrogen-bond acceptors (Lipinski definition) is 2. The van der Waals surface area contributed by atoms with E-state index in [1.807, 2.05) is 72.7 Å². The molecule has 0 aliphatic carbocycles. The van der Waals surface area contributed by atoms with Crippen molar-refractivity contribution in [2.45, 2.75) is 120 Å². The molecule has 0 aromatic heterocycles. The third-order valence-corrected chi connectivity index (χ3v) is 8.74. The lowest BCUT2D eigenvalue weighted by Gasteiger charge is -2.34. The molecule has 2 atom stereocenters. The molecule has 0 heterocycles. The lowest BCUT2D eigenvalue weighted by atomic mass is 9.69. The van der Waals surface area contributed by atoms with E-state index < -0.39 is 18.0 Å². The Kier molecular flexibility index (Phi) is 20.0. The van der Waals surface area contributed by atoms with Crippen molar-refractivity contribution < 1.29 is 22.7 Å². The Morgan fingerprint density at radius 1 is 0.809 bits per heavy atom. The molecule has 5 heteroatoms. The van der Waals surface area contributed by atoms with Crippen LogP contribution in [0.2, 0.25) is 0 Å². The van der Waals surface area contributed by atoms with Crippen LogP contribution in [0, 0.1) is 25.7 Å². The number of alkyl halides is 3. The van der Waals surface area contributed by atoms with Gasteiger partial charge in [-0.15, -0.1) is 0 Å². The molecule has 262 valence electrons. The Morgan fingerprint density at radius 3 is 1.83 bits per heavy atom. The van der Waals surface area contributed by atoms with Crippen LogP contribution in [0.25, 0.3) is 17.2 Å². The van der Waals surface area contributed by atoms with Crippen LogP contribution in [0.5, 0.6) is 0 Å². The predicted octanol–water partition coefficient (Wildman–Crippen LogP) is 13.1. The number of halogens is 3. The molecular formula is C42H61F3O2. The summed E-state index contributed by atoms with van der Waals surface area (Å²) in [6.45, 7) is 23.9. The highest BCUT2D eigenvalue weighted by molar-refractivity contribution is 5.74. The van der Waals surface area contributed by atoms with Crippen molar-refractivity contribution in [3.05, 3.63) is 100 Å². The number of carbonyl (C=O) groups excluding carboxylic acids is 1. The highest BCUT2D eigenvalue weighted by Gasteiger charge is 2.40. The van der Waals surface area contributed by atoms with E-state index >= 15 is 0 Å². The lowest BCUT2D eigenvalue weighted by Crippen LogP contribution is -2.27. The maximum atomic E-state index is 13.6. The van der Waals surface area contributed by atoms with E-state index in [2.05, 4.69) is 57.2 Å². The summed E-state index contributed by atoms with van der Waals surface area (Å²) in [5.74, 6) is -2.20. The summed E-state index contributed by atoms with van der Waals surface area (Å²) < 4.78 is 45.8. The molecule has 0 amide bonds. The number of allylic oxidation sites excluding steroid dienone is 1. The number of carbonyl (C=O) groups is 1. The van der Waals surface area contributed by atoms with E-state index in [1.165, 1.54) is 24.3 Å². The van der Waals surface area contributed by atoms with Gasteiger partial charge in [0, 0.05) is 5.41 Å². The highest BCUT2D eigenvalue weighted by atomic mass is 19.4. The normalized spacial score (nSPS) is 12.4. The van der Waals surface area contributed by atoms with E-state index in [9.17, 15) is 18.0 Å². The average molecular weight is 655 g/mol. The molecule has 0 saturated carbocycles. The third-order valence-electron chi connectivity index (χ3n) is 8.74. The zero-order valence-electron chi connectivity index (χ0n) is 31.4. The number of esters is 1. The zero-order valence-corrected chi connectivity index (χ0v) is 31.4. The van der Waals surface area contributed by atoms with Gasteiger partial charge in [0.25, 0.3) is 0 Å². The molecule has 0 aliphatic rings. The SMILES string of the molecule is CC.CC.CC.CCC(C)C(/C=C/c1ccc(C(CC)(CC)c2ccc(-c3cccc(CC(=O)OC)c3)c(C)c2)cc1C)C(F)(F)F. The van der Waals surface area contributed by atoms with E-state index in [0.717, 1.165) is 46.2 Å². The molecule has 0 spiro atoms. The maximum absolute atomic E-state index is 13.6. The van der Waals surface area contributed by atoms with Gasteiger partial charge in [0.15, 0.2) is 0 Å². The van der Waals surface area contributed by atoms with Gasteiger partial charge in [-0.2, -0.15) is 13.2 Å². The van der Waals surface area contributed by atoms with Gasteiger partial charge in [0.2, 0.25) is 0 Å². The largest absolute Gasteiger partial charge is 0.469 e. The van der Waals surface area contributed by atoms with E-state index in [4.69, 9.17) is 4.74 Å². The first kappa shape index (κ1) is 43.7. The average Bonchev–Trinajstić information content (AvgIpc) is 3.08. The minimum absolute atomic E-state index is 0.228. The van der Waals surface area contributed by atoms with Crippen molar-refractivity contribution in [2.24, 2.45) is 11.8 Å². The highest BCUT2D eigenvalue weighted by Crippen LogP contribution is 2.41. The molecule has 2 unspecified atom stereocenters. The topological polar surface area (TPSA) is 26.3 Å². The molecule has 0 fully saturated rings. The number of aryl methyl sites for hydroxylation is 2. The van der Waals surface area contributed by atoms with Crippen LogP contribution in [0.3, 0.4) is 0 Å². The molecule has 0 bridgehead atoms. The molecular weight excluding hydrogens is 593 g/mol. The fraction of sp³-hybridized carbons (Fsp3) is 0.500. The molecule has 47 heavy (non-hydrogen) atoms. The second-order valence-electron chi connectivity index (χ2n) is 11.2. The number of rotatable bonds is 11. The monoisotopic (exact) mass is 654 g/mol. The summed E-state index contributed by atoms with van der Waals surface area (Å²) in [6.07, 6.45) is 1.17. The summed E-state index contributed by atoms with van der Waals surface area (Å²) in [7, 11) is 1.39. The fourth-order valence-corrected chi connectivity index (χ4v) is 5.85. The van der Waals surface area contributed by atoms with E-state index in [1.54, 1.807) is 19.9 Å². The van der Waals surface area contributed by atoms with Gasteiger partial charge in [0.05, 0.1) is 19.4 Å². The Morgan fingerprint density at radius 2 is 1.36 bits per heavy atom. The van der Waals surface area contributed by atoms with Gasteiger partial charge in [0.1, 0.15) is 0 Å². The van der Waals surface area contributed by atoms with Crippen molar-refractivity contribution in [1.82, 2.24) is 0 Å². The number of methoxy groups -OCH3 is 1. The molecule has 3 aromatic rings. The maximum Gasteiger partial charge on any atom is 0.395 e. The first-order valence-electron chi connectivity index (χ1n) is 17.5. The predicted molar refractivity (Wildman–Crippen MR) is 197 cm³/mol. The quantitative estimate of drug-likeness (QED) is 0.192. The first-order chi connectivity index (χ1) is 22.4. The van der Waals surface area contributed by atoms with Crippen molar-refractivity contribution >= 4 is 12.0 Å². The summed E-state index contributed by atoms with van der Waals surface area (Å²) in [5.41, 5.74) is 8.14. The molecule has 0 aliphatic heterocycles. The summed E-state index contributed by atoms with van der Waals surface area (Å²) in [5, 5.41) is 0. The Labute approximate surface area is 284 Å². The second kappa shape index (κ2) is 21.5. The van der Waals surface area contributed by atoms with Gasteiger partial charge in [-0.1, -0.05) is 148 Å². The minimum atomic E-state index is -4.26. The smallest absolute Gasteiger partial charge is 0.395 e. The van der Waals surface area contributed by atoms with Gasteiger partial charge in [-0.25, -0.2) is 0 Å².